The number of hydrogen-bond donors (Lipinski definition) is 2. The minimum Gasteiger partial charge on any atom is -0.481 e. The summed E-state index contributed by atoms with van der Waals surface area (Å²) in [5, 5.41) is 12.1. The highest BCUT2D eigenvalue weighted by atomic mass is 16.4. The molecule has 3 atom stereocenters. The van der Waals surface area contributed by atoms with Crippen LogP contribution in [0.15, 0.2) is 0 Å². The summed E-state index contributed by atoms with van der Waals surface area (Å²) < 4.78 is 0. The summed E-state index contributed by atoms with van der Waals surface area (Å²) in [6.07, 6.45) is 5.23. The van der Waals surface area contributed by atoms with E-state index in [4.69, 9.17) is 5.11 Å². The molecular formula is C15H26N2O3. The van der Waals surface area contributed by atoms with Gasteiger partial charge in [-0.3, -0.25) is 4.79 Å². The van der Waals surface area contributed by atoms with Crippen molar-refractivity contribution in [1.29, 1.82) is 0 Å². The minimum absolute atomic E-state index is 0.00256. The van der Waals surface area contributed by atoms with Crippen molar-refractivity contribution in [2.24, 2.45) is 11.8 Å². The Labute approximate surface area is 120 Å². The Morgan fingerprint density at radius 1 is 1.20 bits per heavy atom. The number of aliphatic carboxylic acids is 1. The largest absolute Gasteiger partial charge is 0.481 e. The predicted octanol–water partition coefficient (Wildman–Crippen LogP) is 2.46. The topological polar surface area (TPSA) is 69.6 Å². The van der Waals surface area contributed by atoms with E-state index in [0.717, 1.165) is 38.6 Å². The quantitative estimate of drug-likeness (QED) is 0.835. The zero-order valence-corrected chi connectivity index (χ0v) is 12.5. The van der Waals surface area contributed by atoms with Crippen LogP contribution in [-0.2, 0) is 4.79 Å². The molecule has 1 saturated carbocycles. The molecular weight excluding hydrogens is 256 g/mol. The summed E-state index contributed by atoms with van der Waals surface area (Å²) in [5.41, 5.74) is 0. The van der Waals surface area contributed by atoms with Crippen LogP contribution >= 0.6 is 0 Å². The number of carboxylic acid groups (broad SMARTS) is 1. The van der Waals surface area contributed by atoms with E-state index in [0.29, 0.717) is 18.4 Å². The second kappa shape index (κ2) is 6.46. The Hall–Kier alpha value is -1.26. The van der Waals surface area contributed by atoms with Crippen molar-refractivity contribution in [2.75, 3.05) is 6.54 Å². The number of carbonyl (C=O) groups is 2. The molecule has 2 amide bonds. The molecule has 0 radical (unpaired) electrons. The Morgan fingerprint density at radius 3 is 2.60 bits per heavy atom. The van der Waals surface area contributed by atoms with Gasteiger partial charge in [0.1, 0.15) is 0 Å². The van der Waals surface area contributed by atoms with Crippen molar-refractivity contribution >= 4 is 12.0 Å². The van der Waals surface area contributed by atoms with Gasteiger partial charge in [-0.2, -0.15) is 0 Å². The maximum atomic E-state index is 12.4. The van der Waals surface area contributed by atoms with Crippen LogP contribution in [-0.4, -0.2) is 40.6 Å². The normalized spacial score (nSPS) is 30.6. The van der Waals surface area contributed by atoms with Crippen molar-refractivity contribution in [3.05, 3.63) is 0 Å². The zero-order valence-electron chi connectivity index (χ0n) is 12.5. The van der Waals surface area contributed by atoms with E-state index in [1.54, 1.807) is 0 Å². The van der Waals surface area contributed by atoms with Crippen LogP contribution in [0.1, 0.15) is 52.4 Å². The second-order valence-corrected chi connectivity index (χ2v) is 6.50. The van der Waals surface area contributed by atoms with Gasteiger partial charge in [-0.15, -0.1) is 0 Å². The third kappa shape index (κ3) is 3.44. The van der Waals surface area contributed by atoms with Crippen LogP contribution < -0.4 is 5.32 Å². The van der Waals surface area contributed by atoms with Gasteiger partial charge in [-0.25, -0.2) is 4.79 Å². The van der Waals surface area contributed by atoms with Crippen LogP contribution in [0.4, 0.5) is 4.79 Å². The molecule has 1 aliphatic heterocycles. The average Bonchev–Trinajstić information content (AvgIpc) is 2.88. The van der Waals surface area contributed by atoms with Gasteiger partial charge in [0.2, 0.25) is 0 Å². The number of urea groups is 1. The second-order valence-electron chi connectivity index (χ2n) is 6.50. The van der Waals surface area contributed by atoms with E-state index in [-0.39, 0.29) is 18.0 Å². The summed E-state index contributed by atoms with van der Waals surface area (Å²) >= 11 is 0. The number of carbonyl (C=O) groups excluding carboxylic acids is 1. The number of carboxylic acids is 1. The third-order valence-electron chi connectivity index (χ3n) is 4.68. The first kappa shape index (κ1) is 15.1. The first-order valence-electron chi connectivity index (χ1n) is 7.79. The lowest BCUT2D eigenvalue weighted by atomic mass is 9.86. The molecule has 0 bridgehead atoms. The van der Waals surface area contributed by atoms with Gasteiger partial charge >= 0.3 is 12.0 Å². The van der Waals surface area contributed by atoms with Crippen molar-refractivity contribution < 1.29 is 14.7 Å². The van der Waals surface area contributed by atoms with E-state index >= 15 is 0 Å². The van der Waals surface area contributed by atoms with Crippen LogP contribution in [0.2, 0.25) is 0 Å². The lowest BCUT2D eigenvalue weighted by Crippen LogP contribution is -2.49. The molecule has 0 aromatic heterocycles. The number of amides is 2. The molecule has 1 aliphatic carbocycles. The van der Waals surface area contributed by atoms with E-state index in [1.807, 2.05) is 4.90 Å². The summed E-state index contributed by atoms with van der Waals surface area (Å²) in [6, 6.07) is 0.344. The summed E-state index contributed by atoms with van der Waals surface area (Å²) in [4.78, 5) is 25.4. The average molecular weight is 282 g/mol. The molecule has 1 saturated heterocycles. The molecule has 2 rings (SSSR count). The summed E-state index contributed by atoms with van der Waals surface area (Å²) in [7, 11) is 0. The van der Waals surface area contributed by atoms with Crippen molar-refractivity contribution in [3.63, 3.8) is 0 Å². The first-order valence-corrected chi connectivity index (χ1v) is 7.79. The fourth-order valence-corrected chi connectivity index (χ4v) is 3.54. The van der Waals surface area contributed by atoms with Gasteiger partial charge in [0, 0.05) is 18.6 Å². The Kier molecular flexibility index (Phi) is 4.89. The fraction of sp³-hybridized carbons (Fsp3) is 0.867. The highest BCUT2D eigenvalue weighted by Crippen LogP contribution is 2.27. The van der Waals surface area contributed by atoms with E-state index in [1.165, 1.54) is 0 Å². The molecule has 2 fully saturated rings. The van der Waals surface area contributed by atoms with Gasteiger partial charge in [0.25, 0.3) is 0 Å². The van der Waals surface area contributed by atoms with E-state index < -0.39 is 5.97 Å². The standard InChI is InChI=1S/C15H26N2O3/c1-10(2)13-7-4-8-17(13)15(20)16-12-6-3-5-11(9-12)14(18)19/h10-13H,3-9H2,1-2H3,(H,16,20)(H,18,19). The van der Waals surface area contributed by atoms with Crippen molar-refractivity contribution in [3.8, 4) is 0 Å². The fourth-order valence-electron chi connectivity index (χ4n) is 3.54. The maximum Gasteiger partial charge on any atom is 0.317 e. The maximum absolute atomic E-state index is 12.4. The number of rotatable bonds is 3. The molecule has 5 nitrogen and oxygen atoms in total. The summed E-state index contributed by atoms with van der Waals surface area (Å²) in [5.74, 6) is -0.555. The molecule has 3 unspecified atom stereocenters. The zero-order chi connectivity index (χ0) is 14.7. The number of hydrogen-bond acceptors (Lipinski definition) is 2. The number of nitrogens with one attached hydrogen (secondary N) is 1. The molecule has 0 aromatic rings. The summed E-state index contributed by atoms with van der Waals surface area (Å²) in [6.45, 7) is 5.12. The molecule has 0 spiro atoms. The molecule has 20 heavy (non-hydrogen) atoms. The molecule has 114 valence electrons. The Balaban J connectivity index is 1.89. The van der Waals surface area contributed by atoms with Crippen LogP contribution in [0, 0.1) is 11.8 Å². The minimum atomic E-state index is -0.731. The lowest BCUT2D eigenvalue weighted by molar-refractivity contribution is -0.143. The van der Waals surface area contributed by atoms with Crippen molar-refractivity contribution in [2.45, 2.75) is 64.5 Å². The van der Waals surface area contributed by atoms with E-state index in [2.05, 4.69) is 19.2 Å². The third-order valence-corrected chi connectivity index (χ3v) is 4.68. The Bertz CT molecular complexity index is 370. The van der Waals surface area contributed by atoms with Gasteiger partial charge in [-0.1, -0.05) is 20.3 Å². The monoisotopic (exact) mass is 282 g/mol. The van der Waals surface area contributed by atoms with Gasteiger partial charge < -0.3 is 15.3 Å². The number of nitrogens with zero attached hydrogens (tertiary/aromatic N) is 1. The molecule has 2 N–H and O–H groups in total. The highest BCUT2D eigenvalue weighted by molar-refractivity contribution is 5.75. The van der Waals surface area contributed by atoms with Gasteiger partial charge in [0.15, 0.2) is 0 Å². The first-order chi connectivity index (χ1) is 9.49. The molecule has 0 aromatic carbocycles. The van der Waals surface area contributed by atoms with Crippen LogP contribution in [0.3, 0.4) is 0 Å². The van der Waals surface area contributed by atoms with Crippen LogP contribution in [0.5, 0.6) is 0 Å². The van der Waals surface area contributed by atoms with Gasteiger partial charge in [0.05, 0.1) is 5.92 Å². The smallest absolute Gasteiger partial charge is 0.317 e. The highest BCUT2D eigenvalue weighted by Gasteiger charge is 2.33. The Morgan fingerprint density at radius 2 is 1.95 bits per heavy atom. The van der Waals surface area contributed by atoms with Crippen molar-refractivity contribution in [1.82, 2.24) is 10.2 Å². The lowest BCUT2D eigenvalue weighted by Gasteiger charge is -2.32. The molecule has 5 heteroatoms. The predicted molar refractivity (Wildman–Crippen MR) is 76.5 cm³/mol. The van der Waals surface area contributed by atoms with E-state index in [9.17, 15) is 9.59 Å². The molecule has 1 heterocycles. The van der Waals surface area contributed by atoms with Crippen LogP contribution in [0.25, 0.3) is 0 Å². The number of likely N-dealkylation sites (tertiary alicyclic amines) is 1. The van der Waals surface area contributed by atoms with Gasteiger partial charge in [-0.05, 0) is 38.0 Å². The SMILES string of the molecule is CC(C)C1CCCN1C(=O)NC1CCCC(C(=O)O)C1. The molecule has 2 aliphatic rings.